The molecule has 0 unspecified atom stereocenters. The molecule has 0 bridgehead atoms. The molecule has 3 rings (SSSR count). The van der Waals surface area contributed by atoms with Crippen molar-refractivity contribution in [2.45, 2.75) is 38.1 Å². The number of amides is 1. The van der Waals surface area contributed by atoms with E-state index in [1.165, 1.54) is 19.3 Å². The van der Waals surface area contributed by atoms with E-state index in [0.29, 0.717) is 36.3 Å². The summed E-state index contributed by atoms with van der Waals surface area (Å²) < 4.78 is 11.1. The fourth-order valence-corrected chi connectivity index (χ4v) is 2.76. The summed E-state index contributed by atoms with van der Waals surface area (Å²) in [5.41, 5.74) is 0.586. The van der Waals surface area contributed by atoms with Gasteiger partial charge in [-0.3, -0.25) is 4.79 Å². The summed E-state index contributed by atoms with van der Waals surface area (Å²) in [6.45, 7) is 1.04. The Kier molecular flexibility index (Phi) is 3.58. The van der Waals surface area contributed by atoms with Gasteiger partial charge in [-0.25, -0.2) is 0 Å². The highest BCUT2D eigenvalue weighted by atomic mass is 16.6. The third kappa shape index (κ3) is 2.67. The molecule has 1 amide bonds. The molecule has 1 fully saturated rings. The minimum Gasteiger partial charge on any atom is -0.486 e. The Morgan fingerprint density at radius 2 is 1.89 bits per heavy atom. The fourth-order valence-electron chi connectivity index (χ4n) is 2.76. The molecule has 1 aromatic rings. The lowest BCUT2D eigenvalue weighted by molar-refractivity contribution is 0.0916. The number of carbonyl (C=O) groups excluding carboxylic acids is 1. The maximum atomic E-state index is 12.3. The number of rotatable bonds is 2. The average molecular weight is 261 g/mol. The van der Waals surface area contributed by atoms with Crippen molar-refractivity contribution in [3.8, 4) is 11.5 Å². The van der Waals surface area contributed by atoms with Crippen LogP contribution in [0.1, 0.15) is 42.5 Å². The van der Waals surface area contributed by atoms with Gasteiger partial charge in [-0.1, -0.05) is 25.3 Å². The van der Waals surface area contributed by atoms with Crippen LogP contribution in [0.5, 0.6) is 11.5 Å². The van der Waals surface area contributed by atoms with Gasteiger partial charge in [-0.05, 0) is 25.0 Å². The van der Waals surface area contributed by atoms with E-state index >= 15 is 0 Å². The SMILES string of the molecule is O=C(NC1CCCCC1)c1cccc2c1OCCO2. The molecule has 0 aromatic heterocycles. The third-order valence-corrected chi connectivity index (χ3v) is 3.75. The van der Waals surface area contributed by atoms with Crippen molar-refractivity contribution in [3.05, 3.63) is 23.8 Å². The Balaban J connectivity index is 1.75. The zero-order valence-corrected chi connectivity index (χ0v) is 11.0. The second-order valence-electron chi connectivity index (χ2n) is 5.14. The van der Waals surface area contributed by atoms with Gasteiger partial charge < -0.3 is 14.8 Å². The summed E-state index contributed by atoms with van der Waals surface area (Å²) in [7, 11) is 0. The van der Waals surface area contributed by atoms with E-state index in [1.54, 1.807) is 6.07 Å². The van der Waals surface area contributed by atoms with Crippen LogP contribution in [0.25, 0.3) is 0 Å². The molecule has 0 radical (unpaired) electrons. The molecule has 1 N–H and O–H groups in total. The fraction of sp³-hybridized carbons (Fsp3) is 0.533. The molecule has 1 aliphatic heterocycles. The van der Waals surface area contributed by atoms with Crippen LogP contribution in [0.2, 0.25) is 0 Å². The van der Waals surface area contributed by atoms with Gasteiger partial charge in [0.2, 0.25) is 0 Å². The number of benzene rings is 1. The highest BCUT2D eigenvalue weighted by Gasteiger charge is 2.22. The molecular formula is C15H19NO3. The van der Waals surface area contributed by atoms with Crippen LogP contribution in [0.4, 0.5) is 0 Å². The molecule has 2 aliphatic rings. The topological polar surface area (TPSA) is 47.6 Å². The van der Waals surface area contributed by atoms with E-state index in [0.717, 1.165) is 12.8 Å². The molecule has 102 valence electrons. The summed E-state index contributed by atoms with van der Waals surface area (Å²) in [6.07, 6.45) is 5.86. The summed E-state index contributed by atoms with van der Waals surface area (Å²) in [4.78, 5) is 12.3. The number of nitrogens with one attached hydrogen (secondary N) is 1. The third-order valence-electron chi connectivity index (χ3n) is 3.75. The highest BCUT2D eigenvalue weighted by molar-refractivity contribution is 5.98. The van der Waals surface area contributed by atoms with E-state index in [2.05, 4.69) is 5.32 Å². The van der Waals surface area contributed by atoms with Crippen molar-refractivity contribution >= 4 is 5.91 Å². The highest BCUT2D eigenvalue weighted by Crippen LogP contribution is 2.33. The normalized spacial score (nSPS) is 18.9. The van der Waals surface area contributed by atoms with Crippen molar-refractivity contribution in [1.82, 2.24) is 5.32 Å². The van der Waals surface area contributed by atoms with Crippen LogP contribution in [0.15, 0.2) is 18.2 Å². The lowest BCUT2D eigenvalue weighted by atomic mass is 9.95. The molecule has 1 aromatic carbocycles. The van der Waals surface area contributed by atoms with Crippen LogP contribution >= 0.6 is 0 Å². The van der Waals surface area contributed by atoms with Gasteiger partial charge in [-0.15, -0.1) is 0 Å². The lowest BCUT2D eigenvalue weighted by Gasteiger charge is -2.24. The number of fused-ring (bicyclic) bond motifs is 1. The van der Waals surface area contributed by atoms with Crippen molar-refractivity contribution in [3.63, 3.8) is 0 Å². The molecule has 19 heavy (non-hydrogen) atoms. The van der Waals surface area contributed by atoms with E-state index in [9.17, 15) is 4.79 Å². The predicted molar refractivity (Wildman–Crippen MR) is 71.8 cm³/mol. The van der Waals surface area contributed by atoms with Crippen LogP contribution in [-0.2, 0) is 0 Å². The zero-order valence-electron chi connectivity index (χ0n) is 11.0. The van der Waals surface area contributed by atoms with Crippen LogP contribution in [0.3, 0.4) is 0 Å². The zero-order chi connectivity index (χ0) is 13.1. The minimum absolute atomic E-state index is 0.0470. The molecule has 0 spiro atoms. The van der Waals surface area contributed by atoms with Crippen molar-refractivity contribution in [1.29, 1.82) is 0 Å². The molecule has 1 heterocycles. The second-order valence-corrected chi connectivity index (χ2v) is 5.14. The summed E-state index contributed by atoms with van der Waals surface area (Å²) in [6, 6.07) is 5.78. The molecule has 1 aliphatic carbocycles. The van der Waals surface area contributed by atoms with Gasteiger partial charge in [0, 0.05) is 6.04 Å². The molecule has 4 nitrogen and oxygen atoms in total. The predicted octanol–water partition coefficient (Wildman–Crippen LogP) is 2.52. The summed E-state index contributed by atoms with van der Waals surface area (Å²) in [5.74, 6) is 1.21. The van der Waals surface area contributed by atoms with E-state index in [4.69, 9.17) is 9.47 Å². The van der Waals surface area contributed by atoms with Crippen molar-refractivity contribution in [2.75, 3.05) is 13.2 Å². The Morgan fingerprint density at radius 3 is 2.74 bits per heavy atom. The maximum absolute atomic E-state index is 12.3. The van der Waals surface area contributed by atoms with Gasteiger partial charge >= 0.3 is 0 Å². The largest absolute Gasteiger partial charge is 0.486 e. The summed E-state index contributed by atoms with van der Waals surface area (Å²) in [5, 5.41) is 3.11. The molecule has 4 heteroatoms. The Labute approximate surface area is 113 Å². The van der Waals surface area contributed by atoms with Crippen LogP contribution < -0.4 is 14.8 Å². The number of ether oxygens (including phenoxy) is 2. The minimum atomic E-state index is -0.0470. The molecular weight excluding hydrogens is 242 g/mol. The van der Waals surface area contributed by atoms with Crippen LogP contribution in [-0.4, -0.2) is 25.2 Å². The van der Waals surface area contributed by atoms with Gasteiger partial charge in [0.1, 0.15) is 13.2 Å². The average Bonchev–Trinajstić information content (AvgIpc) is 2.47. The maximum Gasteiger partial charge on any atom is 0.255 e. The van der Waals surface area contributed by atoms with Crippen LogP contribution in [0, 0.1) is 0 Å². The van der Waals surface area contributed by atoms with E-state index in [-0.39, 0.29) is 5.91 Å². The molecule has 0 atom stereocenters. The molecule has 0 saturated heterocycles. The first kappa shape index (κ1) is 12.3. The quantitative estimate of drug-likeness (QED) is 0.890. The smallest absolute Gasteiger partial charge is 0.255 e. The van der Waals surface area contributed by atoms with Gasteiger partial charge in [0.15, 0.2) is 11.5 Å². The number of hydrogen-bond acceptors (Lipinski definition) is 3. The number of para-hydroxylation sites is 1. The Morgan fingerprint density at radius 1 is 1.11 bits per heavy atom. The second kappa shape index (κ2) is 5.51. The standard InChI is InChI=1S/C15H19NO3/c17-15(16-11-5-2-1-3-6-11)12-7-4-8-13-14(12)19-10-9-18-13/h4,7-8,11H,1-3,5-6,9-10H2,(H,16,17). The Bertz CT molecular complexity index is 466. The monoisotopic (exact) mass is 261 g/mol. The first-order valence-corrected chi connectivity index (χ1v) is 7.04. The van der Waals surface area contributed by atoms with Crippen molar-refractivity contribution < 1.29 is 14.3 Å². The first-order chi connectivity index (χ1) is 9.34. The summed E-state index contributed by atoms with van der Waals surface area (Å²) >= 11 is 0. The van der Waals surface area contributed by atoms with E-state index in [1.807, 2.05) is 12.1 Å². The van der Waals surface area contributed by atoms with Gasteiger partial charge in [0.25, 0.3) is 5.91 Å². The van der Waals surface area contributed by atoms with E-state index < -0.39 is 0 Å². The van der Waals surface area contributed by atoms with Gasteiger partial charge in [-0.2, -0.15) is 0 Å². The first-order valence-electron chi connectivity index (χ1n) is 7.04. The molecule has 1 saturated carbocycles. The Hall–Kier alpha value is -1.71. The van der Waals surface area contributed by atoms with Crippen molar-refractivity contribution in [2.24, 2.45) is 0 Å². The number of carbonyl (C=O) groups is 1. The number of hydrogen-bond donors (Lipinski definition) is 1. The van der Waals surface area contributed by atoms with Gasteiger partial charge in [0.05, 0.1) is 5.56 Å². The lowest BCUT2D eigenvalue weighted by Crippen LogP contribution is -2.36.